The zero-order valence-electron chi connectivity index (χ0n) is 19.8. The molecule has 0 amide bonds. The number of benzene rings is 1. The Morgan fingerprint density at radius 3 is 2.74 bits per heavy atom. The second-order valence-corrected chi connectivity index (χ2v) is 8.76. The molecule has 0 atom stereocenters. The van der Waals surface area contributed by atoms with E-state index in [-0.39, 0.29) is 19.0 Å². The van der Waals surface area contributed by atoms with Crippen LogP contribution in [0.15, 0.2) is 30.3 Å². The minimum Gasteiger partial charge on any atom is -0.394 e. The van der Waals surface area contributed by atoms with Crippen LogP contribution in [0.3, 0.4) is 0 Å². The maximum absolute atomic E-state index is 9.55. The first-order chi connectivity index (χ1) is 16.5. The number of nitriles is 1. The number of aliphatic hydroxyl groups excluding tert-OH is 1. The fourth-order valence-electron chi connectivity index (χ4n) is 4.39. The standard InChI is InChI=1S/C26H31N7O/c1-18(24-23(17-27)25(28)33(31-24)11-12-34)13-20-7-6-8-21(15-20)16-22-14-19(2)29-26(30-22)32-9-4-3-5-10-32/h6-8,13-15,34H,3-5,9-12,16,28H2,1-2H3. The van der Waals surface area contributed by atoms with Gasteiger partial charge in [-0.3, -0.25) is 0 Å². The van der Waals surface area contributed by atoms with Crippen LogP contribution in [0.5, 0.6) is 0 Å². The fraction of sp³-hybridized carbons (Fsp3) is 0.385. The number of nitrogens with two attached hydrogens (primary N) is 1. The third-order valence-corrected chi connectivity index (χ3v) is 6.04. The van der Waals surface area contributed by atoms with Crippen molar-refractivity contribution in [1.82, 2.24) is 19.7 Å². The molecule has 176 valence electrons. The Hall–Kier alpha value is -3.70. The second kappa shape index (κ2) is 10.5. The zero-order chi connectivity index (χ0) is 24.1. The lowest BCUT2D eigenvalue weighted by atomic mass is 10.0. The first kappa shape index (κ1) is 23.5. The van der Waals surface area contributed by atoms with E-state index in [1.807, 2.05) is 32.1 Å². The van der Waals surface area contributed by atoms with Crippen molar-refractivity contribution in [2.75, 3.05) is 30.3 Å². The summed E-state index contributed by atoms with van der Waals surface area (Å²) in [5.74, 6) is 1.11. The topological polar surface area (TPSA) is 117 Å². The van der Waals surface area contributed by atoms with E-state index < -0.39 is 0 Å². The van der Waals surface area contributed by atoms with Crippen molar-refractivity contribution in [2.24, 2.45) is 0 Å². The van der Waals surface area contributed by atoms with Gasteiger partial charge in [0.25, 0.3) is 0 Å². The summed E-state index contributed by atoms with van der Waals surface area (Å²) in [6.45, 7) is 6.13. The molecule has 0 radical (unpaired) electrons. The van der Waals surface area contributed by atoms with Gasteiger partial charge >= 0.3 is 0 Å². The average molecular weight is 458 g/mol. The minimum atomic E-state index is -0.0943. The maximum atomic E-state index is 9.55. The van der Waals surface area contributed by atoms with Gasteiger partial charge in [-0.15, -0.1) is 0 Å². The number of rotatable bonds is 7. The van der Waals surface area contributed by atoms with Crippen molar-refractivity contribution < 1.29 is 5.11 Å². The summed E-state index contributed by atoms with van der Waals surface area (Å²) in [7, 11) is 0. The number of nitrogens with zero attached hydrogens (tertiary/aromatic N) is 6. The highest BCUT2D eigenvalue weighted by Crippen LogP contribution is 2.25. The molecule has 3 N–H and O–H groups in total. The van der Waals surface area contributed by atoms with Gasteiger partial charge in [-0.2, -0.15) is 10.4 Å². The smallest absolute Gasteiger partial charge is 0.225 e. The van der Waals surface area contributed by atoms with Crippen molar-refractivity contribution in [3.63, 3.8) is 0 Å². The van der Waals surface area contributed by atoms with Crippen LogP contribution in [0.4, 0.5) is 11.8 Å². The predicted molar refractivity (Wildman–Crippen MR) is 134 cm³/mol. The molecule has 1 aliphatic heterocycles. The average Bonchev–Trinajstić information content (AvgIpc) is 3.15. The van der Waals surface area contributed by atoms with Crippen LogP contribution < -0.4 is 10.6 Å². The number of anilines is 2. The summed E-state index contributed by atoms with van der Waals surface area (Å²) in [4.78, 5) is 11.8. The molecule has 0 spiro atoms. The molecule has 3 heterocycles. The van der Waals surface area contributed by atoms with Crippen LogP contribution >= 0.6 is 0 Å². The Bertz CT molecular complexity index is 1230. The minimum absolute atomic E-state index is 0.0943. The molecule has 2 aromatic heterocycles. The molecule has 0 bridgehead atoms. The molecule has 3 aromatic rings. The normalized spacial score (nSPS) is 14.3. The number of piperidine rings is 1. The highest BCUT2D eigenvalue weighted by Gasteiger charge is 2.17. The molecule has 0 unspecified atom stereocenters. The van der Waals surface area contributed by atoms with E-state index in [1.165, 1.54) is 23.9 Å². The molecule has 1 aromatic carbocycles. The van der Waals surface area contributed by atoms with Gasteiger partial charge in [0, 0.05) is 25.2 Å². The molecular formula is C26H31N7O. The Balaban J connectivity index is 1.57. The van der Waals surface area contributed by atoms with Crippen molar-refractivity contribution in [3.8, 4) is 6.07 Å². The van der Waals surface area contributed by atoms with Gasteiger partial charge in [-0.25, -0.2) is 14.6 Å². The summed E-state index contributed by atoms with van der Waals surface area (Å²) in [5.41, 5.74) is 11.9. The Kier molecular flexibility index (Phi) is 7.24. The molecule has 8 heteroatoms. The van der Waals surface area contributed by atoms with E-state index in [0.29, 0.717) is 17.7 Å². The molecule has 1 fully saturated rings. The molecule has 0 saturated carbocycles. The van der Waals surface area contributed by atoms with Crippen molar-refractivity contribution >= 4 is 23.4 Å². The van der Waals surface area contributed by atoms with Crippen LogP contribution in [-0.4, -0.2) is 44.6 Å². The molecule has 4 rings (SSSR count). The summed E-state index contributed by atoms with van der Waals surface area (Å²) >= 11 is 0. The zero-order valence-corrected chi connectivity index (χ0v) is 19.8. The van der Waals surface area contributed by atoms with Crippen LogP contribution in [0, 0.1) is 18.3 Å². The lowest BCUT2D eigenvalue weighted by Crippen LogP contribution is -2.31. The largest absolute Gasteiger partial charge is 0.394 e. The van der Waals surface area contributed by atoms with Gasteiger partial charge in [-0.05, 0) is 62.0 Å². The highest BCUT2D eigenvalue weighted by molar-refractivity contribution is 5.82. The van der Waals surface area contributed by atoms with Crippen LogP contribution in [0.25, 0.3) is 11.6 Å². The van der Waals surface area contributed by atoms with Crippen molar-refractivity contribution in [1.29, 1.82) is 5.26 Å². The highest BCUT2D eigenvalue weighted by atomic mass is 16.3. The van der Waals surface area contributed by atoms with Crippen LogP contribution in [0.2, 0.25) is 0 Å². The number of nitrogen functional groups attached to an aromatic ring is 1. The van der Waals surface area contributed by atoms with Gasteiger partial charge in [0.15, 0.2) is 0 Å². The van der Waals surface area contributed by atoms with Crippen LogP contribution in [0.1, 0.15) is 60.0 Å². The number of hydrogen-bond acceptors (Lipinski definition) is 7. The van der Waals surface area contributed by atoms with Gasteiger partial charge in [0.1, 0.15) is 23.1 Å². The first-order valence-electron chi connectivity index (χ1n) is 11.7. The number of aryl methyl sites for hydroxylation is 1. The van der Waals surface area contributed by atoms with Gasteiger partial charge < -0.3 is 15.7 Å². The summed E-state index contributed by atoms with van der Waals surface area (Å²) in [5, 5.41) is 23.2. The Morgan fingerprint density at radius 1 is 1.21 bits per heavy atom. The molecule has 1 saturated heterocycles. The summed E-state index contributed by atoms with van der Waals surface area (Å²) in [6.07, 6.45) is 6.38. The van der Waals surface area contributed by atoms with Gasteiger partial charge in [0.05, 0.1) is 18.8 Å². The molecule has 8 nitrogen and oxygen atoms in total. The van der Waals surface area contributed by atoms with E-state index in [2.05, 4.69) is 39.3 Å². The number of hydrogen-bond donors (Lipinski definition) is 2. The Labute approximate surface area is 200 Å². The maximum Gasteiger partial charge on any atom is 0.225 e. The third kappa shape index (κ3) is 5.26. The lowest BCUT2D eigenvalue weighted by molar-refractivity contribution is 0.270. The number of aromatic nitrogens is 4. The van der Waals surface area contributed by atoms with E-state index in [4.69, 9.17) is 10.7 Å². The Morgan fingerprint density at radius 2 is 2.00 bits per heavy atom. The molecule has 34 heavy (non-hydrogen) atoms. The van der Waals surface area contributed by atoms with E-state index in [1.54, 1.807) is 0 Å². The molecule has 0 aliphatic carbocycles. The van der Waals surface area contributed by atoms with E-state index >= 15 is 0 Å². The van der Waals surface area contributed by atoms with Gasteiger partial charge in [-0.1, -0.05) is 24.3 Å². The van der Waals surface area contributed by atoms with E-state index in [0.717, 1.165) is 47.1 Å². The molecular weight excluding hydrogens is 426 g/mol. The second-order valence-electron chi connectivity index (χ2n) is 8.76. The van der Waals surface area contributed by atoms with Crippen molar-refractivity contribution in [2.45, 2.75) is 46.1 Å². The third-order valence-electron chi connectivity index (χ3n) is 6.04. The summed E-state index contributed by atoms with van der Waals surface area (Å²) in [6, 6.07) is 12.5. The number of aliphatic hydroxyl groups is 1. The summed E-state index contributed by atoms with van der Waals surface area (Å²) < 4.78 is 1.47. The molecule has 1 aliphatic rings. The predicted octanol–water partition coefficient (Wildman–Crippen LogP) is 3.57. The van der Waals surface area contributed by atoms with E-state index in [9.17, 15) is 10.4 Å². The monoisotopic (exact) mass is 457 g/mol. The van der Waals surface area contributed by atoms with Gasteiger partial charge in [0.2, 0.25) is 5.95 Å². The van der Waals surface area contributed by atoms with Crippen molar-refractivity contribution in [3.05, 3.63) is 64.1 Å². The first-order valence-corrected chi connectivity index (χ1v) is 11.7. The quantitative estimate of drug-likeness (QED) is 0.557. The van der Waals surface area contributed by atoms with Crippen LogP contribution in [-0.2, 0) is 13.0 Å². The SMILES string of the molecule is CC(=Cc1cccc(Cc2cc(C)nc(N3CCCCC3)n2)c1)c1nn(CCO)c(N)c1C#N. The fourth-order valence-corrected chi connectivity index (χ4v) is 4.39. The lowest BCUT2D eigenvalue weighted by Gasteiger charge is -2.27. The number of allylic oxidation sites excluding steroid dienone is 1.